The number of nitrogens with one attached hydrogen (secondary N) is 1. The molecule has 0 bridgehead atoms. The van der Waals surface area contributed by atoms with Crippen LogP contribution in [0.2, 0.25) is 0 Å². The van der Waals surface area contributed by atoms with Crippen molar-refractivity contribution < 1.29 is 38.9 Å². The lowest BCUT2D eigenvalue weighted by molar-refractivity contribution is -0.432. The fraction of sp³-hybridized carbons (Fsp3) is 0.857. The molecule has 0 aliphatic rings. The van der Waals surface area contributed by atoms with Crippen LogP contribution in [-0.4, -0.2) is 46.1 Å². The number of esters is 1. The van der Waals surface area contributed by atoms with Crippen LogP contribution < -0.4 is 5.32 Å². The van der Waals surface area contributed by atoms with E-state index in [0.29, 0.717) is 18.8 Å². The topological polar surface area (TPSA) is 131 Å². The zero-order valence-corrected chi connectivity index (χ0v) is 20.6. The van der Waals surface area contributed by atoms with Crippen molar-refractivity contribution in [1.29, 1.82) is 0 Å². The predicted molar refractivity (Wildman–Crippen MR) is 118 cm³/mol. The van der Waals surface area contributed by atoms with Crippen molar-refractivity contribution in [3.05, 3.63) is 0 Å². The van der Waals surface area contributed by atoms with Gasteiger partial charge in [0.2, 0.25) is 5.91 Å². The van der Waals surface area contributed by atoms with Crippen molar-refractivity contribution in [1.82, 2.24) is 5.32 Å². The molecule has 0 aliphatic carbocycles. The molecule has 31 heavy (non-hydrogen) atoms. The van der Waals surface area contributed by atoms with Crippen LogP contribution in [0.3, 0.4) is 0 Å². The highest BCUT2D eigenvalue weighted by Gasteiger charge is 2.46. The average Bonchev–Trinajstić information content (AvgIpc) is 2.67. The Morgan fingerprint density at radius 1 is 1.10 bits per heavy atom. The molecule has 10 heteroatoms. The summed E-state index contributed by atoms with van der Waals surface area (Å²) in [6.45, 7) is 12.6. The molecular formula is C21H39NO8S. The van der Waals surface area contributed by atoms with Gasteiger partial charge in [-0.2, -0.15) is 0 Å². The van der Waals surface area contributed by atoms with E-state index in [0.717, 1.165) is 24.9 Å². The minimum atomic E-state index is -1.29. The maximum atomic E-state index is 12.7. The van der Waals surface area contributed by atoms with Crippen molar-refractivity contribution in [2.24, 2.45) is 16.7 Å². The lowest BCUT2D eigenvalue weighted by Crippen LogP contribution is -2.49. The molecule has 0 saturated carbocycles. The van der Waals surface area contributed by atoms with Crippen molar-refractivity contribution in [2.45, 2.75) is 86.1 Å². The molecule has 0 fully saturated rings. The van der Waals surface area contributed by atoms with Gasteiger partial charge in [0, 0.05) is 29.3 Å². The molecule has 3 N–H and O–H groups in total. The van der Waals surface area contributed by atoms with Gasteiger partial charge in [-0.15, -0.1) is 4.33 Å². The van der Waals surface area contributed by atoms with Crippen LogP contribution in [0.25, 0.3) is 0 Å². The van der Waals surface area contributed by atoms with Crippen LogP contribution in [0, 0.1) is 16.7 Å². The van der Waals surface area contributed by atoms with Gasteiger partial charge >= 0.3 is 11.9 Å². The molecule has 0 aliphatic heterocycles. The van der Waals surface area contributed by atoms with Gasteiger partial charge in [0.05, 0.1) is 17.4 Å². The second-order valence-corrected chi connectivity index (χ2v) is 9.99. The fourth-order valence-electron chi connectivity index (χ4n) is 3.38. The monoisotopic (exact) mass is 465 g/mol. The average molecular weight is 466 g/mol. The second-order valence-electron chi connectivity index (χ2n) is 9.33. The minimum absolute atomic E-state index is 0.0610. The number of hydrogen-bond donors (Lipinski definition) is 3. The van der Waals surface area contributed by atoms with Crippen LogP contribution in [0.15, 0.2) is 0 Å². The molecule has 1 amide bonds. The van der Waals surface area contributed by atoms with Gasteiger partial charge in [0.25, 0.3) is 0 Å². The molecular weight excluding hydrogens is 426 g/mol. The summed E-state index contributed by atoms with van der Waals surface area (Å²) < 4.78 is 9.72. The van der Waals surface area contributed by atoms with Crippen molar-refractivity contribution in [2.75, 3.05) is 12.4 Å². The number of rotatable bonds is 16. The zero-order valence-electron chi connectivity index (χ0n) is 19.8. The highest BCUT2D eigenvalue weighted by Crippen LogP contribution is 2.42. The van der Waals surface area contributed by atoms with Crippen LogP contribution in [0.4, 0.5) is 0 Å². The van der Waals surface area contributed by atoms with Gasteiger partial charge < -0.3 is 15.2 Å². The lowest BCUT2D eigenvalue weighted by Gasteiger charge is -2.36. The molecule has 3 atom stereocenters. The van der Waals surface area contributed by atoms with E-state index in [9.17, 15) is 19.5 Å². The first kappa shape index (κ1) is 29.6. The summed E-state index contributed by atoms with van der Waals surface area (Å²) in [6.07, 6.45) is 2.20. The summed E-state index contributed by atoms with van der Waals surface area (Å²) in [5.41, 5.74) is -2.94. The normalized spacial score (nSPS) is 16.6. The molecule has 0 rings (SSSR count). The van der Waals surface area contributed by atoms with Crippen molar-refractivity contribution in [3.8, 4) is 0 Å². The minimum Gasteiger partial charge on any atom is -0.481 e. The number of unbranched alkanes of at least 4 members (excludes halogenated alkanes) is 1. The molecule has 9 nitrogen and oxygen atoms in total. The number of carboxylic acids is 1. The van der Waals surface area contributed by atoms with Gasteiger partial charge in [0.15, 0.2) is 0 Å². The molecule has 0 heterocycles. The Balaban J connectivity index is 5.27. The van der Waals surface area contributed by atoms with E-state index in [1.54, 1.807) is 34.6 Å². The molecule has 3 unspecified atom stereocenters. The second kappa shape index (κ2) is 13.2. The van der Waals surface area contributed by atoms with Crippen LogP contribution in [-0.2, 0) is 28.5 Å². The molecule has 0 saturated heterocycles. The van der Waals surface area contributed by atoms with E-state index < -0.39 is 34.2 Å². The summed E-state index contributed by atoms with van der Waals surface area (Å²) in [5, 5.41) is 24.5. The summed E-state index contributed by atoms with van der Waals surface area (Å²) >= 11 is 0.822. The van der Waals surface area contributed by atoms with Crippen LogP contribution >= 0.6 is 12.0 Å². The maximum Gasteiger partial charge on any atom is 0.311 e. The Kier molecular flexibility index (Phi) is 12.7. The van der Waals surface area contributed by atoms with Gasteiger partial charge in [-0.3, -0.25) is 14.4 Å². The number of amides is 1. The summed E-state index contributed by atoms with van der Waals surface area (Å²) in [5.74, 6) is -2.10. The highest BCUT2D eigenvalue weighted by atomic mass is 32.2. The Bertz CT molecular complexity index is 600. The third kappa shape index (κ3) is 10.2. The van der Waals surface area contributed by atoms with Gasteiger partial charge in [-0.25, -0.2) is 5.26 Å². The number of carbonyl (C=O) groups is 3. The SMILES string of the molecule is CCCCOC(=O)C(C)(CC)CC(C)(CC(C)C(=O)NC(C)(C)CSOOO)C(=O)O. The third-order valence-electron chi connectivity index (χ3n) is 5.47. The van der Waals surface area contributed by atoms with E-state index >= 15 is 0 Å². The fourth-order valence-corrected chi connectivity index (χ4v) is 3.83. The molecule has 182 valence electrons. The number of ether oxygens (including phenoxy) is 1. The number of aliphatic carboxylic acids is 1. The van der Waals surface area contributed by atoms with Crippen molar-refractivity contribution >= 4 is 29.9 Å². The number of carboxylic acid groups (broad SMARTS) is 1. The van der Waals surface area contributed by atoms with Crippen molar-refractivity contribution in [3.63, 3.8) is 0 Å². The van der Waals surface area contributed by atoms with Crippen LogP contribution in [0.5, 0.6) is 0 Å². The largest absolute Gasteiger partial charge is 0.481 e. The van der Waals surface area contributed by atoms with Crippen LogP contribution in [0.1, 0.15) is 80.6 Å². The molecule has 0 aromatic rings. The van der Waals surface area contributed by atoms with Gasteiger partial charge in [-0.1, -0.05) is 32.2 Å². The highest BCUT2D eigenvalue weighted by molar-refractivity contribution is 7.94. The molecule has 0 radical (unpaired) electrons. The van der Waals surface area contributed by atoms with E-state index in [1.807, 2.05) is 13.8 Å². The third-order valence-corrected chi connectivity index (χ3v) is 6.46. The molecule has 0 aromatic carbocycles. The first-order chi connectivity index (χ1) is 14.3. The Labute approximate surface area is 189 Å². The lowest BCUT2D eigenvalue weighted by atomic mass is 9.68. The summed E-state index contributed by atoms with van der Waals surface area (Å²) in [4.78, 5) is 37.6. The Hall–Kier alpha value is -1.36. The van der Waals surface area contributed by atoms with E-state index in [4.69, 9.17) is 9.99 Å². The quantitative estimate of drug-likeness (QED) is 0.101. The first-order valence-corrected chi connectivity index (χ1v) is 11.5. The Morgan fingerprint density at radius 2 is 1.71 bits per heavy atom. The summed E-state index contributed by atoms with van der Waals surface area (Å²) in [6, 6.07) is 0. The number of hydrogen-bond acceptors (Lipinski definition) is 8. The zero-order chi connectivity index (χ0) is 24.3. The first-order valence-electron chi connectivity index (χ1n) is 10.6. The summed E-state index contributed by atoms with van der Waals surface area (Å²) in [7, 11) is 0. The maximum absolute atomic E-state index is 12.7. The number of carbonyl (C=O) groups excluding carboxylic acids is 2. The standard InChI is InChI=1S/C21H39NO8S/c1-8-10-11-28-18(26)20(6,9-2)13-21(7,17(24)25)12-15(3)16(23)22-19(4,5)14-31-30-29-27/h15,27H,8-14H2,1-7H3,(H,22,23)(H,24,25). The van der Waals surface area contributed by atoms with E-state index in [1.165, 1.54) is 0 Å². The van der Waals surface area contributed by atoms with Gasteiger partial charge in [-0.05, 0) is 53.4 Å². The smallest absolute Gasteiger partial charge is 0.311 e. The molecule has 0 aromatic heterocycles. The Morgan fingerprint density at radius 3 is 2.19 bits per heavy atom. The van der Waals surface area contributed by atoms with E-state index in [2.05, 4.69) is 14.7 Å². The predicted octanol–water partition coefficient (Wildman–Crippen LogP) is 4.22. The van der Waals surface area contributed by atoms with E-state index in [-0.39, 0.29) is 18.7 Å². The molecule has 0 spiro atoms. The van der Waals surface area contributed by atoms with Gasteiger partial charge in [0.1, 0.15) is 0 Å².